The molecular weight excluding hydrogens is 263 g/mol. The van der Waals surface area contributed by atoms with Gasteiger partial charge in [0.15, 0.2) is 23.0 Å². The van der Waals surface area contributed by atoms with E-state index in [1.165, 1.54) is 0 Å². The first kappa shape index (κ1) is 15.8. The SMILES string of the molecule is CC(=O)[C@]1(O)[C@](O)(C(C)=O)O[C@H](CF)[C@]1(O)C(C)=O. The minimum Gasteiger partial charge on any atom is -0.376 e. The summed E-state index contributed by atoms with van der Waals surface area (Å²) in [5.41, 5.74) is -6.32. The van der Waals surface area contributed by atoms with Gasteiger partial charge in [0.25, 0.3) is 5.79 Å². The van der Waals surface area contributed by atoms with Gasteiger partial charge in [0, 0.05) is 6.92 Å². The first-order valence-electron chi connectivity index (χ1n) is 5.44. The second-order valence-corrected chi connectivity index (χ2v) is 4.55. The van der Waals surface area contributed by atoms with Crippen LogP contribution in [0.5, 0.6) is 0 Å². The van der Waals surface area contributed by atoms with Crippen molar-refractivity contribution >= 4 is 17.3 Å². The third-order valence-electron chi connectivity index (χ3n) is 3.48. The Morgan fingerprint density at radius 1 is 1.05 bits per heavy atom. The molecule has 0 unspecified atom stereocenters. The summed E-state index contributed by atoms with van der Waals surface area (Å²) in [5.74, 6) is -6.92. The van der Waals surface area contributed by atoms with Crippen LogP contribution >= 0.6 is 0 Å². The van der Waals surface area contributed by atoms with Crippen molar-refractivity contribution in [2.75, 3.05) is 6.67 Å². The van der Waals surface area contributed by atoms with Crippen molar-refractivity contribution in [1.29, 1.82) is 0 Å². The lowest BCUT2D eigenvalue weighted by molar-refractivity contribution is -0.249. The van der Waals surface area contributed by atoms with Gasteiger partial charge in [-0.25, -0.2) is 4.39 Å². The molecular formula is C11H15FO7. The number of ether oxygens (including phenoxy) is 1. The van der Waals surface area contributed by atoms with Crippen LogP contribution in [0, 0.1) is 0 Å². The highest BCUT2D eigenvalue weighted by Gasteiger charge is 2.79. The van der Waals surface area contributed by atoms with E-state index < -0.39 is 47.1 Å². The van der Waals surface area contributed by atoms with Crippen molar-refractivity contribution < 1.29 is 38.8 Å². The summed E-state index contributed by atoms with van der Waals surface area (Å²) in [6.07, 6.45) is -2.03. The number of alkyl halides is 1. The quantitative estimate of drug-likeness (QED) is 0.558. The second-order valence-electron chi connectivity index (χ2n) is 4.55. The zero-order chi connectivity index (χ0) is 15.2. The molecule has 1 saturated heterocycles. The third kappa shape index (κ3) is 1.61. The number of aliphatic hydroxyl groups is 3. The Hall–Kier alpha value is -1.22. The standard InChI is InChI=1S/C11H15FO7/c1-5(13)9(16)8(4-12)19-11(18,7(3)15)10(9,17)6(2)14/h8,16-18H,4H2,1-3H3/t8-,9-,10-,11+/m1/s1. The largest absolute Gasteiger partial charge is 0.376 e. The molecule has 3 N–H and O–H groups in total. The fraction of sp³-hybridized carbons (Fsp3) is 0.727. The van der Waals surface area contributed by atoms with E-state index in [-0.39, 0.29) is 0 Å². The van der Waals surface area contributed by atoms with Crippen LogP contribution in [0.1, 0.15) is 20.8 Å². The minimum atomic E-state index is -3.27. The zero-order valence-electron chi connectivity index (χ0n) is 10.6. The molecule has 0 aromatic heterocycles. The Kier molecular flexibility index (Phi) is 3.68. The molecule has 1 aliphatic heterocycles. The van der Waals surface area contributed by atoms with Gasteiger partial charge in [-0.05, 0) is 13.8 Å². The second kappa shape index (κ2) is 4.41. The van der Waals surface area contributed by atoms with E-state index in [0.717, 1.165) is 20.8 Å². The summed E-state index contributed by atoms with van der Waals surface area (Å²) in [4.78, 5) is 34.6. The number of halogens is 1. The van der Waals surface area contributed by atoms with Gasteiger partial charge >= 0.3 is 0 Å². The molecule has 1 aliphatic rings. The van der Waals surface area contributed by atoms with E-state index in [2.05, 4.69) is 4.74 Å². The summed E-state index contributed by atoms with van der Waals surface area (Å²) in [5, 5.41) is 30.5. The van der Waals surface area contributed by atoms with Crippen LogP contribution in [-0.4, -0.2) is 62.4 Å². The molecule has 0 aliphatic carbocycles. The van der Waals surface area contributed by atoms with E-state index in [1.807, 2.05) is 0 Å². The molecule has 0 saturated carbocycles. The number of Topliss-reactive ketones (excluding diaryl/α,β-unsaturated/α-hetero) is 3. The van der Waals surface area contributed by atoms with Crippen molar-refractivity contribution in [2.45, 2.75) is 43.9 Å². The van der Waals surface area contributed by atoms with E-state index >= 15 is 0 Å². The van der Waals surface area contributed by atoms with Gasteiger partial charge in [0.2, 0.25) is 5.60 Å². The van der Waals surface area contributed by atoms with Crippen LogP contribution in [0.25, 0.3) is 0 Å². The van der Waals surface area contributed by atoms with Crippen LogP contribution in [0.3, 0.4) is 0 Å². The first-order chi connectivity index (χ1) is 8.50. The number of carbonyl (C=O) groups is 3. The van der Waals surface area contributed by atoms with Crippen LogP contribution in [0.2, 0.25) is 0 Å². The molecule has 1 rings (SSSR count). The highest BCUT2D eigenvalue weighted by atomic mass is 19.1. The Balaban J connectivity index is 3.66. The van der Waals surface area contributed by atoms with Crippen LogP contribution in [-0.2, 0) is 19.1 Å². The molecule has 0 aromatic carbocycles. The molecule has 0 amide bonds. The van der Waals surface area contributed by atoms with Crippen molar-refractivity contribution in [3.8, 4) is 0 Å². The number of hydrogen-bond acceptors (Lipinski definition) is 7. The van der Waals surface area contributed by atoms with Crippen molar-refractivity contribution in [1.82, 2.24) is 0 Å². The van der Waals surface area contributed by atoms with Crippen molar-refractivity contribution in [2.24, 2.45) is 0 Å². The van der Waals surface area contributed by atoms with Gasteiger partial charge in [0.05, 0.1) is 0 Å². The number of ketones is 3. The molecule has 0 spiro atoms. The van der Waals surface area contributed by atoms with Gasteiger partial charge in [0.1, 0.15) is 12.8 Å². The summed E-state index contributed by atoms with van der Waals surface area (Å²) >= 11 is 0. The highest BCUT2D eigenvalue weighted by molar-refractivity contribution is 6.04. The van der Waals surface area contributed by atoms with Gasteiger partial charge in [-0.1, -0.05) is 0 Å². The van der Waals surface area contributed by atoms with E-state index in [9.17, 15) is 34.1 Å². The Morgan fingerprint density at radius 3 is 1.79 bits per heavy atom. The summed E-state index contributed by atoms with van der Waals surface area (Å²) in [6.45, 7) is 0.813. The van der Waals surface area contributed by atoms with Crippen LogP contribution in [0.4, 0.5) is 4.39 Å². The fourth-order valence-electron chi connectivity index (χ4n) is 2.34. The molecule has 4 atom stereocenters. The van der Waals surface area contributed by atoms with E-state index in [0.29, 0.717) is 0 Å². The summed E-state index contributed by atoms with van der Waals surface area (Å²) in [7, 11) is 0. The van der Waals surface area contributed by atoms with Gasteiger partial charge in [-0.3, -0.25) is 14.4 Å². The van der Waals surface area contributed by atoms with Gasteiger partial charge < -0.3 is 20.1 Å². The minimum absolute atomic E-state index is 0.742. The zero-order valence-corrected chi connectivity index (χ0v) is 10.6. The van der Waals surface area contributed by atoms with Gasteiger partial charge in [-0.15, -0.1) is 0 Å². The smallest absolute Gasteiger partial charge is 0.267 e. The van der Waals surface area contributed by atoms with Crippen molar-refractivity contribution in [3.63, 3.8) is 0 Å². The maximum Gasteiger partial charge on any atom is 0.267 e. The van der Waals surface area contributed by atoms with Gasteiger partial charge in [-0.2, -0.15) is 0 Å². The molecule has 19 heavy (non-hydrogen) atoms. The maximum absolute atomic E-state index is 12.9. The molecule has 1 heterocycles. The first-order valence-corrected chi connectivity index (χ1v) is 5.44. The van der Waals surface area contributed by atoms with E-state index in [1.54, 1.807) is 0 Å². The topological polar surface area (TPSA) is 121 Å². The lowest BCUT2D eigenvalue weighted by atomic mass is 9.71. The molecule has 0 aromatic rings. The number of hydrogen-bond donors (Lipinski definition) is 3. The van der Waals surface area contributed by atoms with Crippen molar-refractivity contribution in [3.05, 3.63) is 0 Å². The summed E-state index contributed by atoms with van der Waals surface area (Å²) < 4.78 is 17.5. The monoisotopic (exact) mass is 278 g/mol. The molecule has 108 valence electrons. The number of rotatable bonds is 4. The predicted molar refractivity (Wildman–Crippen MR) is 57.7 cm³/mol. The number of carbonyl (C=O) groups excluding carboxylic acids is 3. The lowest BCUT2D eigenvalue weighted by Gasteiger charge is -2.38. The molecule has 0 bridgehead atoms. The van der Waals surface area contributed by atoms with E-state index in [4.69, 9.17) is 0 Å². The third-order valence-corrected chi connectivity index (χ3v) is 3.48. The fourth-order valence-corrected chi connectivity index (χ4v) is 2.34. The Bertz CT molecular complexity index is 450. The molecule has 8 heteroatoms. The average molecular weight is 278 g/mol. The van der Waals surface area contributed by atoms with Crippen LogP contribution in [0.15, 0.2) is 0 Å². The van der Waals surface area contributed by atoms with Crippen LogP contribution < -0.4 is 0 Å². The Labute approximate surface area is 108 Å². The Morgan fingerprint density at radius 2 is 1.53 bits per heavy atom. The predicted octanol–water partition coefficient (Wildman–Crippen LogP) is -1.73. The normalized spacial score (nSPS) is 42.2. The maximum atomic E-state index is 12.9. The summed E-state index contributed by atoms with van der Waals surface area (Å²) in [6, 6.07) is 0. The molecule has 7 nitrogen and oxygen atoms in total. The highest BCUT2D eigenvalue weighted by Crippen LogP contribution is 2.47. The molecule has 0 radical (unpaired) electrons. The molecule has 1 fully saturated rings. The lowest BCUT2D eigenvalue weighted by Crippen LogP contribution is -2.72. The average Bonchev–Trinajstić information content (AvgIpc) is 2.50.